The smallest absolute Gasteiger partial charge is 0.321 e. The fourth-order valence-electron chi connectivity index (χ4n) is 3.82. The topological polar surface area (TPSA) is 123 Å². The van der Waals surface area contributed by atoms with Gasteiger partial charge in [0.2, 0.25) is 6.17 Å². The third kappa shape index (κ3) is 5.69. The number of urea groups is 1. The van der Waals surface area contributed by atoms with Crippen molar-refractivity contribution in [2.45, 2.75) is 26.9 Å². The largest absolute Gasteiger partial charge is 0.378 e. The molecule has 1 unspecified atom stereocenters. The Morgan fingerprint density at radius 1 is 1.08 bits per heavy atom. The zero-order valence-corrected chi connectivity index (χ0v) is 21.6. The Balaban J connectivity index is 1.71. The number of H-pyrrole nitrogens is 1. The lowest BCUT2D eigenvalue weighted by Gasteiger charge is -2.28. The molecule has 3 N–H and O–H groups in total. The van der Waals surface area contributed by atoms with Crippen molar-refractivity contribution in [3.63, 3.8) is 0 Å². The van der Waals surface area contributed by atoms with Gasteiger partial charge in [-0.05, 0) is 30.3 Å². The van der Waals surface area contributed by atoms with Crippen molar-refractivity contribution in [2.24, 2.45) is 10.4 Å². The van der Waals surface area contributed by atoms with Crippen LogP contribution < -0.4 is 20.4 Å². The molecular formula is C27H31N7O3. The monoisotopic (exact) mass is 501 g/mol. The zero-order chi connectivity index (χ0) is 26.7. The number of hydrogen-bond acceptors (Lipinski definition) is 6. The van der Waals surface area contributed by atoms with E-state index in [0.29, 0.717) is 28.3 Å². The minimum Gasteiger partial charge on any atom is -0.378 e. The Bertz CT molecular complexity index is 1340. The Morgan fingerprint density at radius 3 is 2.51 bits per heavy atom. The van der Waals surface area contributed by atoms with E-state index >= 15 is 0 Å². The lowest BCUT2D eigenvalue weighted by molar-refractivity contribution is -0.127. The summed E-state index contributed by atoms with van der Waals surface area (Å²) >= 11 is 0. The molecule has 10 heteroatoms. The average molecular weight is 502 g/mol. The van der Waals surface area contributed by atoms with Crippen LogP contribution in [-0.4, -0.2) is 60.4 Å². The standard InChI is InChI=1S/C27H31N7O3/c1-27(2,3)22(35)16-34-21-12-7-6-11-19(21)23(20-13-14-28-32-20)30-24(25(34)36)31-26(37)29-17-9-8-10-18(15-17)33(4)5/h6-15,24H,16H2,1-5H3,(H,28,32)(H2,29,31,37). The summed E-state index contributed by atoms with van der Waals surface area (Å²) in [6.07, 6.45) is 0.366. The molecule has 1 aromatic heterocycles. The highest BCUT2D eigenvalue weighted by Crippen LogP contribution is 2.29. The van der Waals surface area contributed by atoms with E-state index in [-0.39, 0.29) is 12.3 Å². The lowest BCUT2D eigenvalue weighted by Crippen LogP contribution is -2.50. The number of ketones is 1. The molecule has 0 saturated carbocycles. The average Bonchev–Trinajstić information content (AvgIpc) is 3.35. The third-order valence-corrected chi connectivity index (χ3v) is 5.98. The van der Waals surface area contributed by atoms with Gasteiger partial charge >= 0.3 is 6.03 Å². The van der Waals surface area contributed by atoms with Gasteiger partial charge in [0.15, 0.2) is 5.78 Å². The number of benzodiazepines with no additional fused rings is 1. The van der Waals surface area contributed by atoms with Gasteiger partial charge in [0, 0.05) is 42.6 Å². The SMILES string of the molecule is CN(C)c1cccc(NC(=O)NC2N=C(c3cc[nH]n3)c3ccccc3N(CC(=O)C(C)(C)C)C2=O)c1. The van der Waals surface area contributed by atoms with Crippen LogP contribution in [0.1, 0.15) is 32.0 Å². The second-order valence-corrected chi connectivity index (χ2v) is 10.00. The van der Waals surface area contributed by atoms with E-state index in [1.54, 1.807) is 51.2 Å². The molecule has 2 heterocycles. The van der Waals surface area contributed by atoms with E-state index in [9.17, 15) is 14.4 Å². The van der Waals surface area contributed by atoms with Crippen LogP contribution in [0, 0.1) is 5.41 Å². The number of rotatable bonds is 6. The first-order valence-electron chi connectivity index (χ1n) is 11.9. The molecule has 37 heavy (non-hydrogen) atoms. The van der Waals surface area contributed by atoms with Gasteiger partial charge < -0.3 is 20.4 Å². The van der Waals surface area contributed by atoms with Crippen molar-refractivity contribution in [1.82, 2.24) is 15.5 Å². The lowest BCUT2D eigenvalue weighted by atomic mass is 9.90. The molecule has 0 radical (unpaired) electrons. The van der Waals surface area contributed by atoms with Crippen LogP contribution in [0.15, 0.2) is 65.8 Å². The fraction of sp³-hybridized carbons (Fsp3) is 0.296. The molecule has 1 aliphatic rings. The van der Waals surface area contributed by atoms with Crippen molar-refractivity contribution < 1.29 is 14.4 Å². The maximum atomic E-state index is 13.8. The number of aromatic nitrogens is 2. The number of amides is 3. The summed E-state index contributed by atoms with van der Waals surface area (Å²) in [7, 11) is 3.81. The van der Waals surface area contributed by atoms with Crippen LogP contribution in [-0.2, 0) is 9.59 Å². The zero-order valence-electron chi connectivity index (χ0n) is 21.6. The molecule has 192 valence electrons. The predicted octanol–water partition coefficient (Wildman–Crippen LogP) is 3.42. The number of carbonyl (C=O) groups excluding carboxylic acids is 3. The Kier molecular flexibility index (Phi) is 7.10. The summed E-state index contributed by atoms with van der Waals surface area (Å²) in [6.45, 7) is 5.26. The van der Waals surface area contributed by atoms with E-state index in [4.69, 9.17) is 0 Å². The van der Waals surface area contributed by atoms with Crippen LogP contribution in [0.2, 0.25) is 0 Å². The minimum atomic E-state index is -1.29. The van der Waals surface area contributed by atoms with Crippen LogP contribution in [0.5, 0.6) is 0 Å². The van der Waals surface area contributed by atoms with Gasteiger partial charge in [-0.3, -0.25) is 14.7 Å². The van der Waals surface area contributed by atoms with Gasteiger partial charge in [0.1, 0.15) is 5.69 Å². The fourth-order valence-corrected chi connectivity index (χ4v) is 3.82. The number of hydrogen-bond donors (Lipinski definition) is 3. The molecule has 3 amide bonds. The summed E-state index contributed by atoms with van der Waals surface area (Å²) in [5, 5.41) is 12.5. The molecule has 1 atom stereocenters. The number of carbonyl (C=O) groups is 3. The first-order valence-corrected chi connectivity index (χ1v) is 11.9. The molecule has 0 spiro atoms. The van der Waals surface area contributed by atoms with Gasteiger partial charge in [-0.2, -0.15) is 5.10 Å². The summed E-state index contributed by atoms with van der Waals surface area (Å²) in [4.78, 5) is 47.8. The van der Waals surface area contributed by atoms with Crippen LogP contribution in [0.4, 0.5) is 21.9 Å². The minimum absolute atomic E-state index is 0.123. The number of nitrogens with one attached hydrogen (secondary N) is 3. The molecule has 1 aliphatic heterocycles. The van der Waals surface area contributed by atoms with Gasteiger partial charge in [-0.1, -0.05) is 45.0 Å². The van der Waals surface area contributed by atoms with Crippen molar-refractivity contribution in [1.29, 1.82) is 0 Å². The van der Waals surface area contributed by atoms with Gasteiger partial charge in [-0.25, -0.2) is 9.79 Å². The summed E-state index contributed by atoms with van der Waals surface area (Å²) in [5.41, 5.74) is 2.90. The maximum absolute atomic E-state index is 13.8. The van der Waals surface area contributed by atoms with Gasteiger partial charge in [-0.15, -0.1) is 0 Å². The maximum Gasteiger partial charge on any atom is 0.321 e. The summed E-state index contributed by atoms with van der Waals surface area (Å²) in [5.74, 6) is -0.643. The molecule has 3 aromatic rings. The van der Waals surface area contributed by atoms with E-state index < -0.39 is 23.5 Å². The Hall–Kier alpha value is -4.47. The highest BCUT2D eigenvalue weighted by Gasteiger charge is 2.36. The summed E-state index contributed by atoms with van der Waals surface area (Å²) < 4.78 is 0. The van der Waals surface area contributed by atoms with Crippen LogP contribution in [0.3, 0.4) is 0 Å². The second-order valence-electron chi connectivity index (χ2n) is 10.00. The predicted molar refractivity (Wildman–Crippen MR) is 144 cm³/mol. The van der Waals surface area contributed by atoms with Crippen molar-refractivity contribution in [3.8, 4) is 0 Å². The molecule has 0 aliphatic carbocycles. The van der Waals surface area contributed by atoms with Crippen LogP contribution >= 0.6 is 0 Å². The van der Waals surface area contributed by atoms with Crippen molar-refractivity contribution >= 4 is 40.5 Å². The van der Waals surface area contributed by atoms with E-state index in [0.717, 1.165) is 5.69 Å². The molecule has 0 bridgehead atoms. The second kappa shape index (κ2) is 10.3. The number of fused-ring (bicyclic) bond motifs is 1. The number of nitrogens with zero attached hydrogens (tertiary/aromatic N) is 4. The highest BCUT2D eigenvalue weighted by molar-refractivity contribution is 6.20. The van der Waals surface area contributed by atoms with Gasteiger partial charge in [0.05, 0.1) is 17.9 Å². The number of aliphatic imine (C=N–C) groups is 1. The number of aromatic amines is 1. The molecule has 2 aromatic carbocycles. The first kappa shape index (κ1) is 25.6. The molecule has 0 saturated heterocycles. The molecule has 0 fully saturated rings. The third-order valence-electron chi connectivity index (χ3n) is 5.98. The Morgan fingerprint density at radius 2 is 1.84 bits per heavy atom. The van der Waals surface area contributed by atoms with Gasteiger partial charge in [0.25, 0.3) is 5.91 Å². The number of benzene rings is 2. The Labute approximate surface area is 215 Å². The number of para-hydroxylation sites is 1. The summed E-state index contributed by atoms with van der Waals surface area (Å²) in [6, 6.07) is 15.6. The molecule has 4 rings (SSSR count). The number of Topliss-reactive ketones (excluding diaryl/α,β-unsaturated/α-hetero) is 1. The highest BCUT2D eigenvalue weighted by atomic mass is 16.2. The first-order chi connectivity index (χ1) is 17.5. The molecular weight excluding hydrogens is 470 g/mol. The normalized spacial score (nSPS) is 15.4. The van der Waals surface area contributed by atoms with E-state index in [1.165, 1.54) is 4.90 Å². The number of anilines is 3. The quantitative estimate of drug-likeness (QED) is 0.478. The molecule has 10 nitrogen and oxygen atoms in total. The van der Waals surface area contributed by atoms with Crippen molar-refractivity contribution in [2.75, 3.05) is 35.8 Å². The van der Waals surface area contributed by atoms with E-state index in [2.05, 4.69) is 25.8 Å². The van der Waals surface area contributed by atoms with Crippen molar-refractivity contribution in [3.05, 3.63) is 72.1 Å². The van der Waals surface area contributed by atoms with Crippen LogP contribution in [0.25, 0.3) is 0 Å². The van der Waals surface area contributed by atoms with E-state index in [1.807, 2.05) is 49.3 Å².